The quantitative estimate of drug-likeness (QED) is 0.701. The minimum absolute atomic E-state index is 0.0205. The van der Waals surface area contributed by atoms with E-state index in [1.54, 1.807) is 13.0 Å². The van der Waals surface area contributed by atoms with Crippen LogP contribution in [0.2, 0.25) is 0 Å². The Hall–Kier alpha value is -1.86. The molecule has 0 atom stereocenters. The molecule has 0 aliphatic rings. The Balaban J connectivity index is 2.93. The lowest BCUT2D eigenvalue weighted by atomic mass is 10.1. The number of aryl methyl sites for hydroxylation is 1. The van der Waals surface area contributed by atoms with Crippen molar-refractivity contribution in [3.8, 4) is 11.8 Å². The summed E-state index contributed by atoms with van der Waals surface area (Å²) in [5, 5.41) is 17.3. The van der Waals surface area contributed by atoms with Crippen LogP contribution in [0.3, 0.4) is 0 Å². The van der Waals surface area contributed by atoms with Gasteiger partial charge in [-0.15, -0.1) is 0 Å². The second kappa shape index (κ2) is 5.13. The third-order valence-corrected chi connectivity index (χ3v) is 1.75. The van der Waals surface area contributed by atoms with Crippen molar-refractivity contribution in [2.45, 2.75) is 13.3 Å². The Morgan fingerprint density at radius 3 is 2.87 bits per heavy atom. The molecule has 4 nitrogen and oxygen atoms in total. The van der Waals surface area contributed by atoms with Crippen molar-refractivity contribution >= 4 is 5.97 Å². The summed E-state index contributed by atoms with van der Waals surface area (Å²) in [5.41, 5.74) is 1.28. The van der Waals surface area contributed by atoms with E-state index in [9.17, 15) is 4.79 Å². The average molecular weight is 205 g/mol. The molecule has 0 saturated heterocycles. The maximum atomic E-state index is 10.7. The number of nitrogens with zero attached hydrogens (tertiary/aromatic N) is 1. The molecule has 0 unspecified atom stereocenters. The molecule has 4 heteroatoms. The molecule has 1 aromatic rings. The van der Waals surface area contributed by atoms with Gasteiger partial charge >= 0.3 is 5.97 Å². The van der Waals surface area contributed by atoms with Gasteiger partial charge < -0.3 is 10.2 Å². The standard InChI is InChI=1S/C11H11NO3/c1-8-6-9(4-2-3-5-13)7-12-10(8)11(14)15/h6-7,13H,3,5H2,1H3,(H,14,15). The summed E-state index contributed by atoms with van der Waals surface area (Å²) in [6, 6.07) is 1.67. The fourth-order valence-electron chi connectivity index (χ4n) is 1.09. The first kappa shape index (κ1) is 11.2. The van der Waals surface area contributed by atoms with Crippen molar-refractivity contribution in [1.29, 1.82) is 0 Å². The predicted octanol–water partition coefficient (Wildman–Crippen LogP) is 0.822. The minimum atomic E-state index is -1.04. The second-order valence-electron chi connectivity index (χ2n) is 2.97. The fraction of sp³-hybridized carbons (Fsp3) is 0.273. The van der Waals surface area contributed by atoms with E-state index in [0.29, 0.717) is 17.5 Å². The number of aromatic nitrogens is 1. The maximum Gasteiger partial charge on any atom is 0.354 e. The summed E-state index contributed by atoms with van der Waals surface area (Å²) in [6.07, 6.45) is 1.82. The van der Waals surface area contributed by atoms with Gasteiger partial charge in [-0.2, -0.15) is 0 Å². The number of aliphatic hydroxyl groups excluding tert-OH is 1. The van der Waals surface area contributed by atoms with E-state index >= 15 is 0 Å². The third-order valence-electron chi connectivity index (χ3n) is 1.75. The van der Waals surface area contributed by atoms with E-state index in [0.717, 1.165) is 0 Å². The van der Waals surface area contributed by atoms with Gasteiger partial charge in [-0.25, -0.2) is 9.78 Å². The van der Waals surface area contributed by atoms with E-state index in [4.69, 9.17) is 10.2 Å². The lowest BCUT2D eigenvalue weighted by molar-refractivity contribution is 0.0689. The molecule has 78 valence electrons. The van der Waals surface area contributed by atoms with E-state index in [1.807, 2.05) is 0 Å². The fourth-order valence-corrected chi connectivity index (χ4v) is 1.09. The molecule has 0 amide bonds. The highest BCUT2D eigenvalue weighted by molar-refractivity contribution is 5.87. The molecule has 0 spiro atoms. The molecular weight excluding hydrogens is 194 g/mol. The Bertz CT molecular complexity index is 429. The number of aromatic carboxylic acids is 1. The van der Waals surface area contributed by atoms with Crippen molar-refractivity contribution in [1.82, 2.24) is 4.98 Å². The summed E-state index contributed by atoms with van der Waals surface area (Å²) < 4.78 is 0. The monoisotopic (exact) mass is 205 g/mol. The molecule has 15 heavy (non-hydrogen) atoms. The van der Waals surface area contributed by atoms with E-state index in [2.05, 4.69) is 16.8 Å². The van der Waals surface area contributed by atoms with Gasteiger partial charge in [0.1, 0.15) is 0 Å². The van der Waals surface area contributed by atoms with Gasteiger partial charge in [0.15, 0.2) is 5.69 Å². The molecule has 1 rings (SSSR count). The topological polar surface area (TPSA) is 70.4 Å². The van der Waals surface area contributed by atoms with Crippen LogP contribution < -0.4 is 0 Å². The zero-order valence-electron chi connectivity index (χ0n) is 8.32. The zero-order valence-corrected chi connectivity index (χ0v) is 8.32. The van der Waals surface area contributed by atoms with Crippen LogP contribution in [0.4, 0.5) is 0 Å². The van der Waals surface area contributed by atoms with Gasteiger partial charge in [0.25, 0.3) is 0 Å². The smallest absolute Gasteiger partial charge is 0.354 e. The molecule has 0 fully saturated rings. The van der Waals surface area contributed by atoms with Crippen LogP contribution in [0.15, 0.2) is 12.3 Å². The van der Waals surface area contributed by atoms with Crippen LogP contribution in [-0.2, 0) is 0 Å². The summed E-state index contributed by atoms with van der Waals surface area (Å²) in [7, 11) is 0. The van der Waals surface area contributed by atoms with Crippen LogP contribution in [0.25, 0.3) is 0 Å². The van der Waals surface area contributed by atoms with Crippen LogP contribution in [0.5, 0.6) is 0 Å². The predicted molar refractivity (Wildman–Crippen MR) is 54.5 cm³/mol. The number of pyridine rings is 1. The van der Waals surface area contributed by atoms with Crippen LogP contribution in [0, 0.1) is 18.8 Å². The van der Waals surface area contributed by atoms with Gasteiger partial charge in [0.05, 0.1) is 6.61 Å². The molecule has 0 bridgehead atoms. The Morgan fingerprint density at radius 2 is 2.33 bits per heavy atom. The molecular formula is C11H11NO3. The van der Waals surface area contributed by atoms with Gasteiger partial charge in [-0.3, -0.25) is 0 Å². The first-order valence-electron chi connectivity index (χ1n) is 4.45. The molecule has 0 radical (unpaired) electrons. The number of carbonyl (C=O) groups is 1. The Morgan fingerprint density at radius 1 is 1.60 bits per heavy atom. The molecule has 1 heterocycles. The molecule has 2 N–H and O–H groups in total. The highest BCUT2D eigenvalue weighted by Crippen LogP contribution is 2.06. The molecule has 0 saturated carbocycles. The second-order valence-corrected chi connectivity index (χ2v) is 2.97. The molecule has 0 aromatic carbocycles. The van der Waals surface area contributed by atoms with E-state index < -0.39 is 5.97 Å². The summed E-state index contributed by atoms with van der Waals surface area (Å²) >= 11 is 0. The summed E-state index contributed by atoms with van der Waals surface area (Å²) in [5.74, 6) is 4.49. The lowest BCUT2D eigenvalue weighted by Gasteiger charge is -1.98. The molecule has 0 aliphatic carbocycles. The number of aliphatic hydroxyl groups is 1. The molecule has 1 aromatic heterocycles. The van der Waals surface area contributed by atoms with E-state index in [-0.39, 0.29) is 12.3 Å². The Kier molecular flexibility index (Phi) is 3.83. The number of hydrogen-bond acceptors (Lipinski definition) is 3. The van der Waals surface area contributed by atoms with E-state index in [1.165, 1.54) is 6.20 Å². The number of rotatable bonds is 2. The van der Waals surface area contributed by atoms with Gasteiger partial charge in [0.2, 0.25) is 0 Å². The highest BCUT2D eigenvalue weighted by atomic mass is 16.4. The summed E-state index contributed by atoms with van der Waals surface area (Å²) in [6.45, 7) is 1.69. The minimum Gasteiger partial charge on any atom is -0.477 e. The number of carboxylic acid groups (broad SMARTS) is 1. The van der Waals surface area contributed by atoms with Crippen LogP contribution in [0.1, 0.15) is 28.0 Å². The van der Waals surface area contributed by atoms with Crippen molar-refractivity contribution in [2.75, 3.05) is 6.61 Å². The first-order chi connectivity index (χ1) is 7.15. The zero-order chi connectivity index (χ0) is 11.3. The van der Waals surface area contributed by atoms with Crippen molar-refractivity contribution < 1.29 is 15.0 Å². The van der Waals surface area contributed by atoms with Crippen molar-refractivity contribution in [3.63, 3.8) is 0 Å². The van der Waals surface area contributed by atoms with Crippen LogP contribution >= 0.6 is 0 Å². The normalized spacial score (nSPS) is 9.20. The van der Waals surface area contributed by atoms with Gasteiger partial charge in [-0.05, 0) is 18.6 Å². The SMILES string of the molecule is Cc1cc(C#CCCO)cnc1C(=O)O. The first-order valence-corrected chi connectivity index (χ1v) is 4.45. The van der Waals surface area contributed by atoms with Gasteiger partial charge in [-0.1, -0.05) is 11.8 Å². The third kappa shape index (κ3) is 3.08. The van der Waals surface area contributed by atoms with Crippen LogP contribution in [-0.4, -0.2) is 27.8 Å². The van der Waals surface area contributed by atoms with Crippen molar-refractivity contribution in [3.05, 3.63) is 29.1 Å². The van der Waals surface area contributed by atoms with Crippen molar-refractivity contribution in [2.24, 2.45) is 0 Å². The van der Waals surface area contributed by atoms with Gasteiger partial charge in [0, 0.05) is 18.2 Å². The lowest BCUT2D eigenvalue weighted by Crippen LogP contribution is -2.03. The average Bonchev–Trinajstić information content (AvgIpc) is 2.17. The molecule has 0 aliphatic heterocycles. The number of carboxylic acids is 1. The number of hydrogen-bond donors (Lipinski definition) is 2. The highest BCUT2D eigenvalue weighted by Gasteiger charge is 2.07. The summed E-state index contributed by atoms with van der Waals surface area (Å²) in [4.78, 5) is 14.5. The largest absolute Gasteiger partial charge is 0.477 e. The Labute approximate surface area is 87.6 Å². The maximum absolute atomic E-state index is 10.7.